The summed E-state index contributed by atoms with van der Waals surface area (Å²) >= 11 is 0. The Hall–Kier alpha value is 0.0700. The van der Waals surface area contributed by atoms with E-state index in [1.54, 1.807) is 0 Å². The number of hydrogen-bond donors (Lipinski definition) is 1. The molecule has 2 aliphatic heterocycles. The Morgan fingerprint density at radius 3 is 2.57 bits per heavy atom. The molecule has 0 unspecified atom stereocenters. The second kappa shape index (κ2) is 4.29. The predicted molar refractivity (Wildman–Crippen MR) is 57.8 cm³/mol. The lowest BCUT2D eigenvalue weighted by Gasteiger charge is -2.39. The van der Waals surface area contributed by atoms with E-state index in [2.05, 4.69) is 12.2 Å². The molecule has 2 fully saturated rings. The molecule has 0 amide bonds. The molecule has 3 nitrogen and oxygen atoms in total. The van der Waals surface area contributed by atoms with Gasteiger partial charge >= 0.3 is 0 Å². The lowest BCUT2D eigenvalue weighted by Crippen LogP contribution is -2.50. The zero-order valence-corrected chi connectivity index (χ0v) is 9.57. The van der Waals surface area contributed by atoms with Gasteiger partial charge in [0.25, 0.3) is 0 Å². The van der Waals surface area contributed by atoms with Crippen molar-refractivity contribution in [2.45, 2.75) is 25.8 Å². The van der Waals surface area contributed by atoms with E-state index in [1.165, 1.54) is 0 Å². The molecule has 0 aromatic carbocycles. The van der Waals surface area contributed by atoms with Crippen LogP contribution in [0.5, 0.6) is 0 Å². The first kappa shape index (κ1) is 10.6. The van der Waals surface area contributed by atoms with Crippen LogP contribution in [-0.4, -0.2) is 41.5 Å². The van der Waals surface area contributed by atoms with Crippen molar-refractivity contribution in [3.63, 3.8) is 0 Å². The molecular weight excluding hydrogens is 198 g/mol. The molecule has 0 radical (unpaired) electrons. The topological polar surface area (TPSA) is 38.3 Å². The molecule has 1 N–H and O–H groups in total. The molecule has 0 bridgehead atoms. The van der Waals surface area contributed by atoms with Crippen LogP contribution in [0, 0.1) is 5.41 Å². The lowest BCUT2D eigenvalue weighted by molar-refractivity contribution is -0.100. The van der Waals surface area contributed by atoms with Crippen molar-refractivity contribution < 1.29 is 8.95 Å². The molecule has 0 spiro atoms. The summed E-state index contributed by atoms with van der Waals surface area (Å²) in [5, 5.41) is 3.57. The van der Waals surface area contributed by atoms with Gasteiger partial charge in [0, 0.05) is 40.3 Å². The second-order valence-corrected chi connectivity index (χ2v) is 6.50. The minimum Gasteiger partial charge on any atom is -0.380 e. The molecular formula is C10H19NO2S. The van der Waals surface area contributed by atoms with Gasteiger partial charge in [0.1, 0.15) is 0 Å². The van der Waals surface area contributed by atoms with E-state index in [0.29, 0.717) is 11.5 Å². The van der Waals surface area contributed by atoms with E-state index < -0.39 is 10.8 Å². The van der Waals surface area contributed by atoms with Crippen molar-refractivity contribution in [3.05, 3.63) is 0 Å². The van der Waals surface area contributed by atoms with Gasteiger partial charge in [0.2, 0.25) is 0 Å². The van der Waals surface area contributed by atoms with Gasteiger partial charge in [-0.25, -0.2) is 0 Å². The fourth-order valence-electron chi connectivity index (χ4n) is 1.94. The summed E-state index contributed by atoms with van der Waals surface area (Å²) in [6, 6.07) is 0.588. The van der Waals surface area contributed by atoms with E-state index in [0.717, 1.165) is 44.1 Å². The second-order valence-electron chi connectivity index (χ2n) is 4.81. The third-order valence-electron chi connectivity index (χ3n) is 3.11. The van der Waals surface area contributed by atoms with Crippen LogP contribution in [0.2, 0.25) is 0 Å². The number of ether oxygens (including phenoxy) is 1. The van der Waals surface area contributed by atoms with Crippen LogP contribution in [0.3, 0.4) is 0 Å². The lowest BCUT2D eigenvalue weighted by atomic mass is 9.88. The molecule has 0 atom stereocenters. The summed E-state index contributed by atoms with van der Waals surface area (Å²) in [6.45, 7) is 5.08. The fraction of sp³-hybridized carbons (Fsp3) is 1.00. The van der Waals surface area contributed by atoms with Gasteiger partial charge in [-0.15, -0.1) is 0 Å². The molecule has 14 heavy (non-hydrogen) atoms. The zero-order chi connectivity index (χ0) is 10.0. The van der Waals surface area contributed by atoms with Crippen molar-refractivity contribution in [3.8, 4) is 0 Å². The first-order valence-electron chi connectivity index (χ1n) is 5.34. The van der Waals surface area contributed by atoms with Crippen molar-refractivity contribution in [2.75, 3.05) is 31.3 Å². The predicted octanol–water partition coefficient (Wildman–Crippen LogP) is 0.524. The maximum absolute atomic E-state index is 11.1. The smallest absolute Gasteiger partial charge is 0.0554 e. The summed E-state index contributed by atoms with van der Waals surface area (Å²) in [6.07, 6.45) is 2.15. The summed E-state index contributed by atoms with van der Waals surface area (Å²) in [7, 11) is -0.538. The van der Waals surface area contributed by atoms with Gasteiger partial charge in [-0.1, -0.05) is 6.92 Å². The normalized spacial score (nSPS) is 36.4. The highest BCUT2D eigenvalue weighted by Crippen LogP contribution is 2.25. The highest BCUT2D eigenvalue weighted by Gasteiger charge is 2.33. The average molecular weight is 217 g/mol. The average Bonchev–Trinajstić information content (AvgIpc) is 2.14. The van der Waals surface area contributed by atoms with Gasteiger partial charge < -0.3 is 10.1 Å². The van der Waals surface area contributed by atoms with Gasteiger partial charge in [-0.05, 0) is 12.8 Å². The number of hydrogen-bond acceptors (Lipinski definition) is 3. The van der Waals surface area contributed by atoms with Crippen LogP contribution in [-0.2, 0) is 15.5 Å². The summed E-state index contributed by atoms with van der Waals surface area (Å²) < 4.78 is 16.3. The summed E-state index contributed by atoms with van der Waals surface area (Å²) in [5.74, 6) is 1.76. The summed E-state index contributed by atoms with van der Waals surface area (Å²) in [4.78, 5) is 0. The maximum Gasteiger partial charge on any atom is 0.0554 e. The standard InChI is InChI=1S/C10H19NO2S/c1-10(7-13-8-10)6-11-9-2-4-14(12)5-3-9/h9,11H,2-8H2,1H3. The highest BCUT2D eigenvalue weighted by atomic mass is 32.2. The van der Waals surface area contributed by atoms with E-state index in [1.807, 2.05) is 0 Å². The highest BCUT2D eigenvalue weighted by molar-refractivity contribution is 7.85. The van der Waals surface area contributed by atoms with E-state index in [9.17, 15) is 4.21 Å². The van der Waals surface area contributed by atoms with Crippen LogP contribution in [0.25, 0.3) is 0 Å². The SMILES string of the molecule is CC1(CNC2CCS(=O)CC2)COC1. The minimum absolute atomic E-state index is 0.358. The molecule has 2 rings (SSSR count). The van der Waals surface area contributed by atoms with Crippen LogP contribution >= 0.6 is 0 Å². The molecule has 0 aromatic heterocycles. The van der Waals surface area contributed by atoms with E-state index in [4.69, 9.17) is 4.74 Å². The van der Waals surface area contributed by atoms with Crippen molar-refractivity contribution in [1.29, 1.82) is 0 Å². The number of rotatable bonds is 3. The van der Waals surface area contributed by atoms with Crippen molar-refractivity contribution in [2.24, 2.45) is 5.41 Å². The fourth-order valence-corrected chi connectivity index (χ4v) is 3.24. The zero-order valence-electron chi connectivity index (χ0n) is 8.75. The van der Waals surface area contributed by atoms with Crippen molar-refractivity contribution >= 4 is 10.8 Å². The molecule has 0 aromatic rings. The van der Waals surface area contributed by atoms with Gasteiger partial charge in [-0.3, -0.25) is 4.21 Å². The van der Waals surface area contributed by atoms with Gasteiger partial charge in [-0.2, -0.15) is 0 Å². The van der Waals surface area contributed by atoms with Gasteiger partial charge in [0.05, 0.1) is 13.2 Å². The molecule has 2 aliphatic rings. The molecule has 4 heteroatoms. The molecule has 0 aliphatic carbocycles. The van der Waals surface area contributed by atoms with Gasteiger partial charge in [0.15, 0.2) is 0 Å². The third kappa shape index (κ3) is 2.55. The Bertz CT molecular complexity index is 218. The minimum atomic E-state index is -0.538. The number of nitrogens with one attached hydrogen (secondary N) is 1. The Morgan fingerprint density at radius 2 is 2.07 bits per heavy atom. The third-order valence-corrected chi connectivity index (χ3v) is 4.49. The Kier molecular flexibility index (Phi) is 3.24. The largest absolute Gasteiger partial charge is 0.380 e. The Morgan fingerprint density at radius 1 is 1.43 bits per heavy atom. The first-order chi connectivity index (χ1) is 6.68. The molecule has 2 heterocycles. The van der Waals surface area contributed by atoms with E-state index >= 15 is 0 Å². The first-order valence-corrected chi connectivity index (χ1v) is 6.83. The molecule has 0 saturated carbocycles. The summed E-state index contributed by atoms with van der Waals surface area (Å²) in [5.41, 5.74) is 0.358. The molecule has 82 valence electrons. The van der Waals surface area contributed by atoms with Crippen LogP contribution in [0.1, 0.15) is 19.8 Å². The maximum atomic E-state index is 11.1. The Balaban J connectivity index is 1.68. The quantitative estimate of drug-likeness (QED) is 0.749. The monoisotopic (exact) mass is 217 g/mol. The van der Waals surface area contributed by atoms with Crippen LogP contribution in [0.15, 0.2) is 0 Å². The van der Waals surface area contributed by atoms with Crippen LogP contribution < -0.4 is 5.32 Å². The Labute approximate surface area is 88.0 Å². The molecule has 2 saturated heterocycles. The van der Waals surface area contributed by atoms with Crippen molar-refractivity contribution in [1.82, 2.24) is 5.32 Å². The van der Waals surface area contributed by atoms with E-state index in [-0.39, 0.29) is 0 Å². The van der Waals surface area contributed by atoms with Crippen LogP contribution in [0.4, 0.5) is 0 Å².